The maximum Gasteiger partial charge on any atom is 0.312 e. The predicted octanol–water partition coefficient (Wildman–Crippen LogP) is 4.10. The van der Waals surface area contributed by atoms with Crippen LogP contribution in [0.2, 0.25) is 0 Å². The van der Waals surface area contributed by atoms with Crippen molar-refractivity contribution in [3.8, 4) is 23.0 Å². The normalized spacial score (nSPS) is 30.1. The number of esters is 1. The van der Waals surface area contributed by atoms with Crippen LogP contribution in [0.15, 0.2) is 41.3 Å². The highest BCUT2D eigenvalue weighted by atomic mass is 16.7. The number of ether oxygens (including phenoxy) is 4. The van der Waals surface area contributed by atoms with Gasteiger partial charge >= 0.3 is 11.8 Å². The van der Waals surface area contributed by atoms with Gasteiger partial charge < -0.3 is 59.7 Å². The molecule has 0 saturated carbocycles. The summed E-state index contributed by atoms with van der Waals surface area (Å²) in [5.41, 5.74) is -0.836. The lowest BCUT2D eigenvalue weighted by molar-refractivity contribution is -0.160. The van der Waals surface area contributed by atoms with E-state index in [1.165, 1.54) is 53.0 Å². The lowest BCUT2D eigenvalue weighted by Gasteiger charge is -2.38. The summed E-state index contributed by atoms with van der Waals surface area (Å²) in [5.74, 6) is -8.94. The Morgan fingerprint density at radius 3 is 2.29 bits per heavy atom. The van der Waals surface area contributed by atoms with Crippen LogP contribution < -0.4 is 10.1 Å². The number of hydrogen-bond acceptors (Lipinski definition) is 15. The SMILES string of the molecule is COC1/C=C/OC2(C)Oc3c(C)c(O)c4c(O)c(c(/C=N\OCCO)c(O)c4c3C2=O)NC(=O)C(C)=C/C=C/C(C)C(O)C(C)C(O)C(C)C(OC(C)=O)C1C. The third-order valence-corrected chi connectivity index (χ3v) is 10.5. The van der Waals surface area contributed by atoms with Gasteiger partial charge in [-0.15, -0.1) is 0 Å². The van der Waals surface area contributed by atoms with E-state index in [1.807, 2.05) is 0 Å². The number of anilines is 1. The van der Waals surface area contributed by atoms with Crippen LogP contribution >= 0.6 is 0 Å². The number of carbonyl (C=O) groups is 3. The van der Waals surface area contributed by atoms with E-state index in [2.05, 4.69) is 10.5 Å². The van der Waals surface area contributed by atoms with E-state index in [0.717, 1.165) is 12.5 Å². The third-order valence-electron chi connectivity index (χ3n) is 10.5. The number of aromatic hydroxyl groups is 3. The highest BCUT2D eigenvalue weighted by Crippen LogP contribution is 2.55. The number of aliphatic hydroxyl groups is 3. The molecule has 3 aliphatic rings. The molecule has 5 bridgehead atoms. The molecule has 16 nitrogen and oxygen atoms in total. The Morgan fingerprint density at radius 2 is 1.66 bits per heavy atom. The Morgan fingerprint density at radius 1 is 0.982 bits per heavy atom. The summed E-state index contributed by atoms with van der Waals surface area (Å²) in [5, 5.41) is 72.3. The van der Waals surface area contributed by atoms with Gasteiger partial charge in [-0.3, -0.25) is 14.4 Å². The minimum atomic E-state index is -2.08. The number of Topliss-reactive ketones (excluding diaryl/α,β-unsaturated/α-hetero) is 1. The van der Waals surface area contributed by atoms with Gasteiger partial charge in [0.2, 0.25) is 0 Å². The van der Waals surface area contributed by atoms with Gasteiger partial charge in [-0.05, 0) is 19.9 Å². The molecule has 0 saturated heterocycles. The summed E-state index contributed by atoms with van der Waals surface area (Å²) in [7, 11) is 1.41. The number of nitrogens with one attached hydrogen (secondary N) is 1. The zero-order valence-corrected chi connectivity index (χ0v) is 32.9. The van der Waals surface area contributed by atoms with Gasteiger partial charge in [0, 0.05) is 61.2 Å². The summed E-state index contributed by atoms with van der Waals surface area (Å²) in [6.45, 7) is 11.7. The number of phenolic OH excluding ortho intramolecular Hbond substituents is 3. The molecule has 3 aliphatic heterocycles. The van der Waals surface area contributed by atoms with Crippen molar-refractivity contribution in [3.05, 3.63) is 52.8 Å². The fourth-order valence-electron chi connectivity index (χ4n) is 7.06. The van der Waals surface area contributed by atoms with Crippen LogP contribution in [0.5, 0.6) is 23.0 Å². The molecule has 9 atom stereocenters. The Bertz CT molecular complexity index is 1950. The zero-order valence-electron chi connectivity index (χ0n) is 32.9. The van der Waals surface area contributed by atoms with Gasteiger partial charge in [-0.25, -0.2) is 0 Å². The molecule has 2 aromatic carbocycles. The molecule has 56 heavy (non-hydrogen) atoms. The number of benzene rings is 2. The van der Waals surface area contributed by atoms with Gasteiger partial charge in [0.15, 0.2) is 5.75 Å². The number of fused-ring (bicyclic) bond motifs is 14. The minimum Gasteiger partial charge on any atom is -0.507 e. The number of phenols is 3. The molecule has 5 rings (SSSR count). The van der Waals surface area contributed by atoms with E-state index in [1.54, 1.807) is 33.8 Å². The van der Waals surface area contributed by atoms with E-state index in [-0.39, 0.29) is 45.4 Å². The van der Waals surface area contributed by atoms with Crippen LogP contribution in [0.3, 0.4) is 0 Å². The second-order valence-electron chi connectivity index (χ2n) is 14.4. The first kappa shape index (κ1) is 43.6. The van der Waals surface area contributed by atoms with Gasteiger partial charge in [0.05, 0.1) is 59.6 Å². The van der Waals surface area contributed by atoms with E-state index >= 15 is 0 Å². The first-order valence-corrected chi connectivity index (χ1v) is 18.2. The Labute approximate surface area is 324 Å². The summed E-state index contributed by atoms with van der Waals surface area (Å²) in [6, 6.07) is 0. The minimum absolute atomic E-state index is 0.00857. The number of aliphatic hydroxyl groups excluding tert-OH is 3. The summed E-state index contributed by atoms with van der Waals surface area (Å²) >= 11 is 0. The standard InChI is InChI=1S/C40H52N2O14/c1-18-11-10-12-19(2)39(51)42-30-25(17-41-54-16-14-43)34(48)27-28(35(30)49)33(47)23(6)37-29(27)38(50)40(8,56-37)53-15-13-26(52-9)20(3)36(55-24(7)44)22(5)32(46)21(4)31(18)45/h10-13,15,17-18,20-22,26,31-32,36,43,45-49H,14,16H2,1-9H3,(H,42,51)/b11-10+,15-13+,19-12?,41-17-. The third kappa shape index (κ3) is 8.48. The molecule has 0 aromatic heterocycles. The molecule has 3 heterocycles. The smallest absolute Gasteiger partial charge is 0.312 e. The average molecular weight is 785 g/mol. The van der Waals surface area contributed by atoms with E-state index in [9.17, 15) is 39.9 Å². The topological polar surface area (TPSA) is 243 Å². The molecule has 9 unspecified atom stereocenters. The van der Waals surface area contributed by atoms with Crippen LogP contribution in [0.25, 0.3) is 10.8 Å². The van der Waals surface area contributed by atoms with Crippen molar-refractivity contribution in [2.75, 3.05) is 25.6 Å². The molecule has 1 amide bonds. The van der Waals surface area contributed by atoms with Crippen molar-refractivity contribution in [1.82, 2.24) is 0 Å². The number of carbonyl (C=O) groups excluding carboxylic acids is 3. The molecule has 2 aromatic rings. The van der Waals surface area contributed by atoms with Crippen LogP contribution in [0, 0.1) is 30.6 Å². The molecule has 7 N–H and O–H groups in total. The summed E-state index contributed by atoms with van der Waals surface area (Å²) < 4.78 is 23.4. The Kier molecular flexibility index (Phi) is 13.8. The van der Waals surface area contributed by atoms with Gasteiger partial charge in [0.1, 0.15) is 30.0 Å². The predicted molar refractivity (Wildman–Crippen MR) is 204 cm³/mol. The summed E-state index contributed by atoms with van der Waals surface area (Å²) in [4.78, 5) is 45.0. The van der Waals surface area contributed by atoms with Crippen molar-refractivity contribution >= 4 is 40.3 Å². The number of hydrogen-bond donors (Lipinski definition) is 7. The monoisotopic (exact) mass is 784 g/mol. The van der Waals surface area contributed by atoms with Crippen molar-refractivity contribution in [2.24, 2.45) is 28.8 Å². The lowest BCUT2D eigenvalue weighted by atomic mass is 9.78. The largest absolute Gasteiger partial charge is 0.507 e. The lowest BCUT2D eigenvalue weighted by Crippen LogP contribution is -2.46. The quantitative estimate of drug-likeness (QED) is 0.0545. The van der Waals surface area contributed by atoms with E-state index in [4.69, 9.17) is 28.9 Å². The van der Waals surface area contributed by atoms with Gasteiger partial charge in [0.25, 0.3) is 11.7 Å². The van der Waals surface area contributed by atoms with Crippen molar-refractivity contribution < 1.29 is 68.8 Å². The highest BCUT2D eigenvalue weighted by Gasteiger charge is 2.50. The van der Waals surface area contributed by atoms with E-state index in [0.29, 0.717) is 0 Å². The van der Waals surface area contributed by atoms with Crippen LogP contribution in [0.4, 0.5) is 5.69 Å². The molecular formula is C40H52N2O14. The first-order valence-electron chi connectivity index (χ1n) is 18.2. The summed E-state index contributed by atoms with van der Waals surface area (Å²) in [6.07, 6.45) is 4.24. The molecule has 0 aliphatic carbocycles. The molecule has 0 fully saturated rings. The number of ketones is 1. The Balaban J connectivity index is 1.97. The number of nitrogens with zero attached hydrogens (tertiary/aromatic N) is 1. The molecular weight excluding hydrogens is 732 g/mol. The van der Waals surface area contributed by atoms with Crippen molar-refractivity contribution in [3.63, 3.8) is 0 Å². The van der Waals surface area contributed by atoms with E-state index < -0.39 is 101 Å². The average Bonchev–Trinajstić information content (AvgIpc) is 3.42. The fraction of sp³-hybridized carbons (Fsp3) is 0.500. The van der Waals surface area contributed by atoms with Crippen LogP contribution in [0.1, 0.15) is 70.0 Å². The van der Waals surface area contributed by atoms with Gasteiger partial charge in [-0.2, -0.15) is 0 Å². The maximum atomic E-state index is 14.2. The van der Waals surface area contributed by atoms with Gasteiger partial charge in [-0.1, -0.05) is 51.1 Å². The first-order chi connectivity index (χ1) is 26.3. The molecule has 0 spiro atoms. The number of amides is 1. The fourth-order valence-corrected chi connectivity index (χ4v) is 7.06. The highest BCUT2D eigenvalue weighted by molar-refractivity contribution is 6.23. The Hall–Kier alpha value is -5.16. The molecule has 0 radical (unpaired) electrons. The number of allylic oxidation sites excluding steroid dienone is 2. The van der Waals surface area contributed by atoms with Crippen LogP contribution in [-0.4, -0.2) is 105 Å². The van der Waals surface area contributed by atoms with Crippen LogP contribution in [-0.2, 0) is 28.6 Å². The number of rotatable bonds is 6. The van der Waals surface area contributed by atoms with Crippen molar-refractivity contribution in [2.45, 2.75) is 85.6 Å². The number of oxime groups is 1. The zero-order chi connectivity index (χ0) is 41.8. The van der Waals surface area contributed by atoms with Crippen molar-refractivity contribution in [1.29, 1.82) is 0 Å². The molecule has 306 valence electrons. The molecule has 16 heteroatoms. The second-order valence-corrected chi connectivity index (χ2v) is 14.4. The maximum absolute atomic E-state index is 14.2. The number of methoxy groups -OCH3 is 1. The second kappa shape index (κ2) is 17.7.